The third kappa shape index (κ3) is 3.89. The second kappa shape index (κ2) is 9.05. The van der Waals surface area contributed by atoms with Crippen LogP contribution >= 0.6 is 0 Å². The molecule has 1 unspecified atom stereocenters. The van der Waals surface area contributed by atoms with Gasteiger partial charge in [-0.2, -0.15) is 0 Å². The number of morpholine rings is 1. The standard InChI is InChI=1S/C20H20F2N4O3.C2H6/c1-3-20-11-29-7-6-26(20)18-15(25(2)19(20)28)10-23-17(24-18)9-16(27)13-5-4-12(21)8-14(13)22;1-2/h4-5,8,10H,3,6-7,9,11H2,1-2H3;1-2H3. The van der Waals surface area contributed by atoms with Crippen LogP contribution in [0, 0.1) is 11.6 Å². The predicted octanol–water partition coefficient (Wildman–Crippen LogP) is 3.17. The molecular weight excluding hydrogens is 406 g/mol. The number of hydrogen-bond donors (Lipinski definition) is 0. The van der Waals surface area contributed by atoms with Crippen molar-refractivity contribution >= 4 is 23.2 Å². The van der Waals surface area contributed by atoms with Crippen molar-refractivity contribution in [2.75, 3.05) is 36.6 Å². The number of aromatic nitrogens is 2. The summed E-state index contributed by atoms with van der Waals surface area (Å²) in [7, 11) is 1.66. The van der Waals surface area contributed by atoms with Gasteiger partial charge in [-0.1, -0.05) is 20.8 Å². The number of likely N-dealkylation sites (N-methyl/N-ethyl adjacent to an activating group) is 1. The Bertz CT molecular complexity index is 1000. The van der Waals surface area contributed by atoms with E-state index < -0.39 is 23.0 Å². The van der Waals surface area contributed by atoms with Crippen LogP contribution in [0.1, 0.15) is 43.4 Å². The van der Waals surface area contributed by atoms with Gasteiger partial charge in [-0.3, -0.25) is 9.59 Å². The number of halogens is 2. The maximum Gasteiger partial charge on any atom is 0.255 e. The lowest BCUT2D eigenvalue weighted by Crippen LogP contribution is -2.68. The highest BCUT2D eigenvalue weighted by Crippen LogP contribution is 2.41. The van der Waals surface area contributed by atoms with Crippen LogP contribution in [0.2, 0.25) is 0 Å². The van der Waals surface area contributed by atoms with Crippen LogP contribution in [0.3, 0.4) is 0 Å². The minimum Gasteiger partial charge on any atom is -0.377 e. The van der Waals surface area contributed by atoms with E-state index in [9.17, 15) is 18.4 Å². The van der Waals surface area contributed by atoms with Crippen molar-refractivity contribution in [3.63, 3.8) is 0 Å². The van der Waals surface area contributed by atoms with Crippen molar-refractivity contribution in [3.05, 3.63) is 47.4 Å². The monoisotopic (exact) mass is 432 g/mol. The minimum absolute atomic E-state index is 0.0898. The van der Waals surface area contributed by atoms with Gasteiger partial charge in [0, 0.05) is 19.7 Å². The van der Waals surface area contributed by atoms with Gasteiger partial charge in [0.15, 0.2) is 11.6 Å². The number of ether oxygens (including phenoxy) is 1. The normalized spacial score (nSPS) is 19.9. The first-order chi connectivity index (χ1) is 14.9. The zero-order valence-corrected chi connectivity index (χ0v) is 18.1. The number of ketones is 1. The number of Topliss-reactive ketones (excluding diaryl/α,β-unsaturated/α-hetero) is 1. The van der Waals surface area contributed by atoms with Gasteiger partial charge in [0.2, 0.25) is 0 Å². The Morgan fingerprint density at radius 2 is 2.03 bits per heavy atom. The SMILES string of the molecule is CC.CCC12COCCN1c1nc(CC(=O)c3ccc(F)cc3F)ncc1N(C)C2=O. The molecule has 0 aliphatic carbocycles. The molecule has 1 saturated heterocycles. The molecule has 7 nitrogen and oxygen atoms in total. The van der Waals surface area contributed by atoms with Gasteiger partial charge in [-0.15, -0.1) is 0 Å². The molecule has 9 heteroatoms. The summed E-state index contributed by atoms with van der Waals surface area (Å²) in [6.45, 7) is 7.11. The zero-order chi connectivity index (χ0) is 22.8. The molecular formula is C22H26F2N4O3. The summed E-state index contributed by atoms with van der Waals surface area (Å²) >= 11 is 0. The van der Waals surface area contributed by atoms with E-state index in [1.165, 1.54) is 11.1 Å². The summed E-state index contributed by atoms with van der Waals surface area (Å²) in [4.78, 5) is 37.7. The van der Waals surface area contributed by atoms with Gasteiger partial charge in [0.05, 0.1) is 31.4 Å². The fourth-order valence-corrected chi connectivity index (χ4v) is 3.92. The summed E-state index contributed by atoms with van der Waals surface area (Å²) in [6, 6.07) is 2.82. The molecule has 2 aliphatic heterocycles. The maximum atomic E-state index is 13.9. The summed E-state index contributed by atoms with van der Waals surface area (Å²) in [6.07, 6.45) is 1.80. The van der Waals surface area contributed by atoms with E-state index in [0.717, 1.165) is 12.1 Å². The van der Waals surface area contributed by atoms with E-state index >= 15 is 0 Å². The number of benzene rings is 1. The average molecular weight is 432 g/mol. The van der Waals surface area contributed by atoms with Crippen molar-refractivity contribution < 1.29 is 23.1 Å². The van der Waals surface area contributed by atoms with Gasteiger partial charge in [-0.05, 0) is 18.6 Å². The van der Waals surface area contributed by atoms with Crippen LogP contribution < -0.4 is 9.80 Å². The Morgan fingerprint density at radius 1 is 1.29 bits per heavy atom. The lowest BCUT2D eigenvalue weighted by molar-refractivity contribution is -0.128. The number of rotatable bonds is 4. The highest BCUT2D eigenvalue weighted by molar-refractivity contribution is 6.07. The Kier molecular flexibility index (Phi) is 6.64. The molecule has 1 aromatic carbocycles. The molecule has 0 bridgehead atoms. The van der Waals surface area contributed by atoms with Crippen LogP contribution in [0.15, 0.2) is 24.4 Å². The number of carbonyl (C=O) groups is 2. The van der Waals surface area contributed by atoms with Crippen LogP contribution in [0.4, 0.5) is 20.3 Å². The van der Waals surface area contributed by atoms with Crippen molar-refractivity contribution in [1.29, 1.82) is 0 Å². The van der Waals surface area contributed by atoms with Gasteiger partial charge < -0.3 is 14.5 Å². The smallest absolute Gasteiger partial charge is 0.255 e. The topological polar surface area (TPSA) is 75.6 Å². The third-order valence-electron chi connectivity index (χ3n) is 5.57. The molecule has 1 atom stereocenters. The first-order valence-corrected chi connectivity index (χ1v) is 10.3. The van der Waals surface area contributed by atoms with Crippen molar-refractivity contribution in [3.8, 4) is 0 Å². The lowest BCUT2D eigenvalue weighted by Gasteiger charge is -2.51. The van der Waals surface area contributed by atoms with E-state index in [4.69, 9.17) is 4.74 Å². The molecule has 2 aliphatic rings. The molecule has 1 fully saturated rings. The third-order valence-corrected chi connectivity index (χ3v) is 5.57. The summed E-state index contributed by atoms with van der Waals surface area (Å²) in [5.41, 5.74) is -0.516. The fourth-order valence-electron chi connectivity index (χ4n) is 3.92. The van der Waals surface area contributed by atoms with Gasteiger partial charge in [0.1, 0.15) is 28.7 Å². The first-order valence-electron chi connectivity index (χ1n) is 10.3. The second-order valence-electron chi connectivity index (χ2n) is 7.17. The summed E-state index contributed by atoms with van der Waals surface area (Å²) < 4.78 is 32.6. The molecule has 1 aromatic heterocycles. The molecule has 0 N–H and O–H groups in total. The number of hydrogen-bond acceptors (Lipinski definition) is 6. The Morgan fingerprint density at radius 3 is 2.71 bits per heavy atom. The minimum atomic E-state index is -0.920. The number of carbonyl (C=O) groups excluding carboxylic acids is 2. The molecule has 0 saturated carbocycles. The summed E-state index contributed by atoms with van der Waals surface area (Å²) in [5.74, 6) is -1.55. The molecule has 166 valence electrons. The van der Waals surface area contributed by atoms with E-state index in [1.54, 1.807) is 7.05 Å². The van der Waals surface area contributed by atoms with Gasteiger partial charge in [0.25, 0.3) is 5.91 Å². The molecule has 0 radical (unpaired) electrons. The highest BCUT2D eigenvalue weighted by atomic mass is 19.1. The quantitative estimate of drug-likeness (QED) is 0.691. The number of nitrogens with zero attached hydrogens (tertiary/aromatic N) is 4. The van der Waals surface area contributed by atoms with Crippen molar-refractivity contribution in [1.82, 2.24) is 9.97 Å². The molecule has 1 amide bonds. The van der Waals surface area contributed by atoms with Gasteiger partial charge in [-0.25, -0.2) is 18.7 Å². The molecule has 3 heterocycles. The van der Waals surface area contributed by atoms with Crippen LogP contribution in [0.5, 0.6) is 0 Å². The molecule has 0 spiro atoms. The molecule has 4 rings (SSSR count). The van der Waals surface area contributed by atoms with Crippen LogP contribution in [-0.2, 0) is 16.0 Å². The fraction of sp³-hybridized carbons (Fsp3) is 0.455. The van der Waals surface area contributed by atoms with E-state index in [0.29, 0.717) is 37.1 Å². The van der Waals surface area contributed by atoms with Crippen LogP contribution in [0.25, 0.3) is 0 Å². The highest BCUT2D eigenvalue weighted by Gasteiger charge is 2.51. The van der Waals surface area contributed by atoms with E-state index in [-0.39, 0.29) is 30.3 Å². The predicted molar refractivity (Wildman–Crippen MR) is 112 cm³/mol. The largest absolute Gasteiger partial charge is 0.377 e. The molecule has 2 aromatic rings. The van der Waals surface area contributed by atoms with E-state index in [1.807, 2.05) is 25.7 Å². The zero-order valence-electron chi connectivity index (χ0n) is 18.1. The Balaban J connectivity index is 0.00000132. The number of amides is 1. The van der Waals surface area contributed by atoms with Crippen molar-refractivity contribution in [2.45, 2.75) is 39.2 Å². The van der Waals surface area contributed by atoms with Gasteiger partial charge >= 0.3 is 0 Å². The molecule has 31 heavy (non-hydrogen) atoms. The Labute approximate surface area is 180 Å². The second-order valence-corrected chi connectivity index (χ2v) is 7.17. The lowest BCUT2D eigenvalue weighted by atomic mass is 9.89. The average Bonchev–Trinajstić information content (AvgIpc) is 2.78. The van der Waals surface area contributed by atoms with E-state index in [2.05, 4.69) is 9.97 Å². The number of fused-ring (bicyclic) bond motifs is 3. The Hall–Kier alpha value is -2.94. The van der Waals surface area contributed by atoms with Crippen LogP contribution in [-0.4, -0.2) is 54.0 Å². The summed E-state index contributed by atoms with van der Waals surface area (Å²) in [5, 5.41) is 0. The first kappa shape index (κ1) is 22.7. The maximum absolute atomic E-state index is 13.9. The van der Waals surface area contributed by atoms with Crippen molar-refractivity contribution in [2.24, 2.45) is 0 Å². The number of anilines is 2.